The predicted molar refractivity (Wildman–Crippen MR) is 100 cm³/mol. The quantitative estimate of drug-likeness (QED) is 0.645. The molecule has 0 unspecified atom stereocenters. The highest BCUT2D eigenvalue weighted by molar-refractivity contribution is 9.10. The largest absolute Gasteiger partial charge is 0.490 e. The minimum Gasteiger partial charge on any atom is -0.490 e. The molecule has 1 saturated heterocycles. The summed E-state index contributed by atoms with van der Waals surface area (Å²) in [6.07, 6.45) is 0.119. The standard InChI is InChI=1S/C18H29BrN2O3/c1-4-23-17-11-15(16(19)12-18(17)24-14(2)3)13-20-5-6-21-7-9-22-10-8-21/h11-12,14,20H,4-10,13H2,1-3H3. The zero-order valence-electron chi connectivity index (χ0n) is 14.9. The number of benzene rings is 1. The molecule has 0 spiro atoms. The molecule has 0 bridgehead atoms. The second-order valence-corrected chi connectivity index (χ2v) is 6.98. The Balaban J connectivity index is 1.90. The van der Waals surface area contributed by atoms with Gasteiger partial charge in [0.1, 0.15) is 0 Å². The van der Waals surface area contributed by atoms with Crippen molar-refractivity contribution >= 4 is 15.9 Å². The molecule has 0 saturated carbocycles. The van der Waals surface area contributed by atoms with Crippen molar-refractivity contribution in [3.8, 4) is 11.5 Å². The summed E-state index contributed by atoms with van der Waals surface area (Å²) in [4.78, 5) is 2.43. The first-order valence-corrected chi connectivity index (χ1v) is 9.52. The minimum atomic E-state index is 0.119. The number of ether oxygens (including phenoxy) is 3. The van der Waals surface area contributed by atoms with E-state index in [9.17, 15) is 0 Å². The van der Waals surface area contributed by atoms with Gasteiger partial charge in [-0.25, -0.2) is 0 Å². The van der Waals surface area contributed by atoms with Gasteiger partial charge in [-0.05, 0) is 38.5 Å². The molecule has 1 aromatic rings. The van der Waals surface area contributed by atoms with E-state index in [0.29, 0.717) is 6.61 Å². The number of nitrogens with one attached hydrogen (secondary N) is 1. The first-order valence-electron chi connectivity index (χ1n) is 8.72. The Hall–Kier alpha value is -0.820. The summed E-state index contributed by atoms with van der Waals surface area (Å²) in [6, 6.07) is 4.07. The van der Waals surface area contributed by atoms with Gasteiger partial charge in [0.15, 0.2) is 11.5 Å². The van der Waals surface area contributed by atoms with Crippen molar-refractivity contribution in [3.63, 3.8) is 0 Å². The van der Waals surface area contributed by atoms with Gasteiger partial charge in [-0.15, -0.1) is 0 Å². The van der Waals surface area contributed by atoms with Crippen LogP contribution < -0.4 is 14.8 Å². The first kappa shape index (κ1) is 19.5. The lowest BCUT2D eigenvalue weighted by atomic mass is 10.2. The van der Waals surface area contributed by atoms with Crippen LogP contribution in [0.1, 0.15) is 26.3 Å². The van der Waals surface area contributed by atoms with Gasteiger partial charge < -0.3 is 19.5 Å². The van der Waals surface area contributed by atoms with Crippen LogP contribution in [0.15, 0.2) is 16.6 Å². The van der Waals surface area contributed by atoms with Gasteiger partial charge in [0.2, 0.25) is 0 Å². The molecule has 0 atom stereocenters. The maximum Gasteiger partial charge on any atom is 0.162 e. The molecule has 24 heavy (non-hydrogen) atoms. The van der Waals surface area contributed by atoms with Crippen molar-refractivity contribution < 1.29 is 14.2 Å². The second-order valence-electron chi connectivity index (χ2n) is 6.12. The molecule has 1 N–H and O–H groups in total. The van der Waals surface area contributed by atoms with Gasteiger partial charge in [0.05, 0.1) is 25.9 Å². The Morgan fingerprint density at radius 2 is 2.00 bits per heavy atom. The Morgan fingerprint density at radius 1 is 1.25 bits per heavy atom. The smallest absolute Gasteiger partial charge is 0.162 e. The Morgan fingerprint density at radius 3 is 2.67 bits per heavy atom. The molecule has 1 aliphatic rings. The van der Waals surface area contributed by atoms with Crippen LogP contribution >= 0.6 is 15.9 Å². The number of hydrogen-bond acceptors (Lipinski definition) is 5. The van der Waals surface area contributed by atoms with Crippen LogP contribution in [0.2, 0.25) is 0 Å². The van der Waals surface area contributed by atoms with Crippen LogP contribution in [0.5, 0.6) is 11.5 Å². The van der Waals surface area contributed by atoms with E-state index >= 15 is 0 Å². The van der Waals surface area contributed by atoms with Crippen LogP contribution in [0.3, 0.4) is 0 Å². The maximum atomic E-state index is 5.84. The van der Waals surface area contributed by atoms with Crippen molar-refractivity contribution in [1.82, 2.24) is 10.2 Å². The number of morpholine rings is 1. The molecule has 0 aromatic heterocycles. The Bertz CT molecular complexity index is 505. The van der Waals surface area contributed by atoms with Gasteiger partial charge in [-0.1, -0.05) is 15.9 Å². The topological polar surface area (TPSA) is 43.0 Å². The summed E-state index contributed by atoms with van der Waals surface area (Å²) in [7, 11) is 0. The molecule has 0 aliphatic carbocycles. The summed E-state index contributed by atoms with van der Waals surface area (Å²) in [5, 5.41) is 3.51. The van der Waals surface area contributed by atoms with Crippen LogP contribution in [-0.4, -0.2) is 57.0 Å². The average Bonchev–Trinajstić information content (AvgIpc) is 2.55. The average molecular weight is 401 g/mol. The van der Waals surface area contributed by atoms with Crippen molar-refractivity contribution in [2.45, 2.75) is 33.4 Å². The fourth-order valence-corrected chi connectivity index (χ4v) is 3.07. The third kappa shape index (κ3) is 6.24. The van der Waals surface area contributed by atoms with Gasteiger partial charge in [0.25, 0.3) is 0 Å². The fraction of sp³-hybridized carbons (Fsp3) is 0.667. The van der Waals surface area contributed by atoms with E-state index in [1.165, 1.54) is 5.56 Å². The van der Waals surface area contributed by atoms with E-state index in [1.54, 1.807) is 0 Å². The molecule has 0 radical (unpaired) electrons. The van der Waals surface area contributed by atoms with E-state index < -0.39 is 0 Å². The normalized spacial score (nSPS) is 15.7. The SMILES string of the molecule is CCOc1cc(CNCCN2CCOCC2)c(Br)cc1OC(C)C. The van der Waals surface area contributed by atoms with Crippen LogP contribution in [0.4, 0.5) is 0 Å². The van der Waals surface area contributed by atoms with E-state index in [4.69, 9.17) is 14.2 Å². The third-order valence-electron chi connectivity index (χ3n) is 3.80. The Labute approximate surface area is 153 Å². The molecular weight excluding hydrogens is 372 g/mol. The lowest BCUT2D eigenvalue weighted by Crippen LogP contribution is -2.40. The second kappa shape index (κ2) is 10.2. The summed E-state index contributed by atoms with van der Waals surface area (Å²) in [5.74, 6) is 1.59. The van der Waals surface area contributed by atoms with E-state index in [0.717, 1.165) is 61.9 Å². The molecule has 1 fully saturated rings. The monoisotopic (exact) mass is 400 g/mol. The van der Waals surface area contributed by atoms with Crippen LogP contribution in [-0.2, 0) is 11.3 Å². The van der Waals surface area contributed by atoms with Crippen LogP contribution in [0.25, 0.3) is 0 Å². The molecule has 1 heterocycles. The van der Waals surface area contributed by atoms with Crippen molar-refractivity contribution in [3.05, 3.63) is 22.2 Å². The van der Waals surface area contributed by atoms with E-state index in [2.05, 4.69) is 32.2 Å². The molecular formula is C18H29BrN2O3. The zero-order valence-corrected chi connectivity index (χ0v) is 16.5. The highest BCUT2D eigenvalue weighted by atomic mass is 79.9. The highest BCUT2D eigenvalue weighted by Crippen LogP contribution is 2.34. The fourth-order valence-electron chi connectivity index (χ4n) is 2.61. The molecule has 2 rings (SSSR count). The molecule has 6 heteroatoms. The van der Waals surface area contributed by atoms with Crippen LogP contribution in [0, 0.1) is 0 Å². The van der Waals surface area contributed by atoms with Crippen molar-refractivity contribution in [1.29, 1.82) is 0 Å². The highest BCUT2D eigenvalue weighted by Gasteiger charge is 2.13. The van der Waals surface area contributed by atoms with Crippen molar-refractivity contribution in [2.24, 2.45) is 0 Å². The number of halogens is 1. The molecule has 5 nitrogen and oxygen atoms in total. The number of rotatable bonds is 9. The number of nitrogens with zero attached hydrogens (tertiary/aromatic N) is 1. The Kier molecular flexibility index (Phi) is 8.32. The predicted octanol–water partition coefficient (Wildman–Crippen LogP) is 3.06. The van der Waals surface area contributed by atoms with E-state index in [-0.39, 0.29) is 6.10 Å². The van der Waals surface area contributed by atoms with Gasteiger partial charge >= 0.3 is 0 Å². The van der Waals surface area contributed by atoms with E-state index in [1.807, 2.05) is 26.8 Å². The number of hydrogen-bond donors (Lipinski definition) is 1. The zero-order chi connectivity index (χ0) is 17.4. The minimum absolute atomic E-state index is 0.119. The van der Waals surface area contributed by atoms with Crippen molar-refractivity contribution in [2.75, 3.05) is 46.0 Å². The molecule has 136 valence electrons. The summed E-state index contributed by atoms with van der Waals surface area (Å²) in [5.41, 5.74) is 1.18. The van der Waals surface area contributed by atoms with Gasteiger partial charge in [0, 0.05) is 37.2 Å². The summed E-state index contributed by atoms with van der Waals surface area (Å²) >= 11 is 3.65. The first-order chi connectivity index (χ1) is 11.6. The van der Waals surface area contributed by atoms with Gasteiger partial charge in [-0.3, -0.25) is 4.90 Å². The lowest BCUT2D eigenvalue weighted by Gasteiger charge is -2.26. The third-order valence-corrected chi connectivity index (χ3v) is 4.54. The van der Waals surface area contributed by atoms with Gasteiger partial charge in [-0.2, -0.15) is 0 Å². The molecule has 1 aliphatic heterocycles. The summed E-state index contributed by atoms with van der Waals surface area (Å²) in [6.45, 7) is 13.2. The molecule has 0 amide bonds. The molecule has 1 aromatic carbocycles. The lowest BCUT2D eigenvalue weighted by molar-refractivity contribution is 0.0384. The summed E-state index contributed by atoms with van der Waals surface area (Å²) < 4.78 is 18.0. The maximum absolute atomic E-state index is 5.84.